The zero-order valence-electron chi connectivity index (χ0n) is 11.9. The molecule has 0 aliphatic rings. The van der Waals surface area contributed by atoms with Crippen LogP contribution >= 0.6 is 0 Å². The lowest BCUT2D eigenvalue weighted by molar-refractivity contribution is 0.415. The second-order valence-electron chi connectivity index (χ2n) is 4.77. The van der Waals surface area contributed by atoms with Crippen molar-refractivity contribution in [1.82, 2.24) is 4.98 Å². The highest BCUT2D eigenvalue weighted by atomic mass is 16.5. The predicted octanol–water partition coefficient (Wildman–Crippen LogP) is 4.16. The summed E-state index contributed by atoms with van der Waals surface area (Å²) in [7, 11) is 3.38. The molecular weight excluding hydrogens is 250 g/mol. The highest BCUT2D eigenvalue weighted by molar-refractivity contribution is 6.00. The minimum Gasteiger partial charge on any atom is -0.497 e. The maximum Gasteiger partial charge on any atom is 0.128 e. The first-order valence-corrected chi connectivity index (χ1v) is 6.53. The Hall–Kier alpha value is -2.42. The van der Waals surface area contributed by atoms with Gasteiger partial charge in [-0.25, -0.2) is 0 Å². The molecule has 0 saturated carbocycles. The first kappa shape index (κ1) is 12.6. The van der Waals surface area contributed by atoms with Crippen LogP contribution in [-0.4, -0.2) is 19.2 Å². The molecule has 3 aromatic rings. The average Bonchev–Trinajstić information content (AvgIpc) is 2.91. The number of aromatic nitrogens is 1. The summed E-state index contributed by atoms with van der Waals surface area (Å²) in [5.41, 5.74) is 4.56. The van der Waals surface area contributed by atoms with Crippen LogP contribution in [0.1, 0.15) is 5.56 Å². The van der Waals surface area contributed by atoms with Gasteiger partial charge in [-0.2, -0.15) is 0 Å². The molecule has 2 aromatic carbocycles. The Morgan fingerprint density at radius 1 is 0.950 bits per heavy atom. The highest BCUT2D eigenvalue weighted by Crippen LogP contribution is 2.37. The van der Waals surface area contributed by atoms with Crippen LogP contribution in [0.2, 0.25) is 0 Å². The second kappa shape index (κ2) is 4.93. The van der Waals surface area contributed by atoms with Crippen LogP contribution < -0.4 is 9.47 Å². The summed E-state index contributed by atoms with van der Waals surface area (Å²) in [6.45, 7) is 2.10. The number of aromatic amines is 1. The number of benzene rings is 2. The zero-order valence-corrected chi connectivity index (χ0v) is 11.9. The normalized spacial score (nSPS) is 10.8. The third-order valence-corrected chi connectivity index (χ3v) is 3.62. The van der Waals surface area contributed by atoms with Gasteiger partial charge in [-0.05, 0) is 42.3 Å². The van der Waals surface area contributed by atoms with Crippen LogP contribution in [0.3, 0.4) is 0 Å². The summed E-state index contributed by atoms with van der Waals surface area (Å²) in [6, 6.07) is 12.1. The first-order valence-electron chi connectivity index (χ1n) is 6.53. The van der Waals surface area contributed by atoms with Crippen molar-refractivity contribution in [3.8, 4) is 22.6 Å². The van der Waals surface area contributed by atoms with Gasteiger partial charge in [0.2, 0.25) is 0 Å². The lowest BCUT2D eigenvalue weighted by Crippen LogP contribution is -1.88. The monoisotopic (exact) mass is 267 g/mol. The quantitative estimate of drug-likeness (QED) is 0.773. The summed E-state index contributed by atoms with van der Waals surface area (Å²) in [6.07, 6.45) is 2.02. The number of methoxy groups -OCH3 is 2. The van der Waals surface area contributed by atoms with E-state index >= 15 is 0 Å². The van der Waals surface area contributed by atoms with Gasteiger partial charge in [0.25, 0.3) is 0 Å². The molecule has 1 N–H and O–H groups in total. The van der Waals surface area contributed by atoms with E-state index in [1.165, 1.54) is 5.56 Å². The average molecular weight is 267 g/mol. The smallest absolute Gasteiger partial charge is 0.128 e. The van der Waals surface area contributed by atoms with E-state index in [-0.39, 0.29) is 0 Å². The van der Waals surface area contributed by atoms with E-state index in [0.717, 1.165) is 33.5 Å². The highest BCUT2D eigenvalue weighted by Gasteiger charge is 2.13. The molecule has 3 rings (SSSR count). The van der Waals surface area contributed by atoms with Gasteiger partial charge in [-0.15, -0.1) is 0 Å². The molecule has 102 valence electrons. The summed E-state index contributed by atoms with van der Waals surface area (Å²) in [5, 5.41) is 1.10. The Morgan fingerprint density at radius 2 is 1.80 bits per heavy atom. The van der Waals surface area contributed by atoms with E-state index in [9.17, 15) is 0 Å². The third kappa shape index (κ3) is 1.92. The number of rotatable bonds is 3. The van der Waals surface area contributed by atoms with Crippen molar-refractivity contribution >= 4 is 10.9 Å². The number of hydrogen-bond donors (Lipinski definition) is 1. The molecule has 0 spiro atoms. The number of H-pyrrole nitrogens is 1. The van der Waals surface area contributed by atoms with Crippen molar-refractivity contribution in [3.05, 3.63) is 48.2 Å². The van der Waals surface area contributed by atoms with Gasteiger partial charge < -0.3 is 14.5 Å². The van der Waals surface area contributed by atoms with Crippen LogP contribution in [0, 0.1) is 6.92 Å². The largest absolute Gasteiger partial charge is 0.497 e. The molecule has 0 unspecified atom stereocenters. The molecule has 20 heavy (non-hydrogen) atoms. The molecule has 1 aromatic heterocycles. The molecule has 0 aliphatic carbocycles. The lowest BCUT2D eigenvalue weighted by Gasteiger charge is -2.09. The van der Waals surface area contributed by atoms with E-state index < -0.39 is 0 Å². The van der Waals surface area contributed by atoms with E-state index in [2.05, 4.69) is 30.1 Å². The molecular formula is C17H17NO2. The Balaban J connectivity index is 2.29. The molecule has 0 atom stereocenters. The van der Waals surface area contributed by atoms with Gasteiger partial charge >= 0.3 is 0 Å². The molecule has 0 fully saturated rings. The Labute approximate surface area is 118 Å². The van der Waals surface area contributed by atoms with Crippen molar-refractivity contribution in [1.29, 1.82) is 0 Å². The number of aryl methyl sites for hydroxylation is 1. The molecule has 3 heteroatoms. The van der Waals surface area contributed by atoms with Crippen LogP contribution in [-0.2, 0) is 0 Å². The van der Waals surface area contributed by atoms with Gasteiger partial charge in [-0.1, -0.05) is 12.1 Å². The summed E-state index contributed by atoms with van der Waals surface area (Å²) < 4.78 is 10.8. The number of ether oxygens (including phenoxy) is 2. The van der Waals surface area contributed by atoms with Gasteiger partial charge in [0, 0.05) is 22.7 Å². The van der Waals surface area contributed by atoms with Gasteiger partial charge in [0.05, 0.1) is 14.2 Å². The maximum atomic E-state index is 5.49. The molecule has 0 aliphatic heterocycles. The molecule has 0 bridgehead atoms. The van der Waals surface area contributed by atoms with E-state index in [0.29, 0.717) is 0 Å². The third-order valence-electron chi connectivity index (χ3n) is 3.62. The van der Waals surface area contributed by atoms with E-state index in [1.54, 1.807) is 14.2 Å². The maximum absolute atomic E-state index is 5.49. The fraction of sp³-hybridized carbons (Fsp3) is 0.176. The summed E-state index contributed by atoms with van der Waals surface area (Å²) in [5.74, 6) is 1.73. The van der Waals surface area contributed by atoms with Gasteiger partial charge in [-0.3, -0.25) is 0 Å². The summed E-state index contributed by atoms with van der Waals surface area (Å²) in [4.78, 5) is 3.31. The minimum absolute atomic E-state index is 0.856. The number of nitrogens with one attached hydrogen (secondary N) is 1. The van der Waals surface area contributed by atoms with Crippen LogP contribution in [0.4, 0.5) is 0 Å². The van der Waals surface area contributed by atoms with Gasteiger partial charge in [0.1, 0.15) is 11.5 Å². The molecule has 0 saturated heterocycles. The Bertz CT molecular complexity index is 759. The lowest BCUT2D eigenvalue weighted by atomic mass is 9.99. The van der Waals surface area contributed by atoms with Crippen LogP contribution in [0.5, 0.6) is 11.5 Å². The summed E-state index contributed by atoms with van der Waals surface area (Å²) >= 11 is 0. The second-order valence-corrected chi connectivity index (χ2v) is 4.77. The standard InChI is InChI=1S/C17H17NO2/c1-11-7-8-12(19-2)9-13(11)14-10-18-15-5-4-6-16(20-3)17(14)15/h4-10,18H,1-3H3. The molecule has 1 heterocycles. The Kier molecular flexibility index (Phi) is 3.11. The number of hydrogen-bond acceptors (Lipinski definition) is 2. The SMILES string of the molecule is COc1ccc(C)c(-c2c[nH]c3cccc(OC)c23)c1. The number of fused-ring (bicyclic) bond motifs is 1. The van der Waals surface area contributed by atoms with Crippen molar-refractivity contribution in [2.45, 2.75) is 6.92 Å². The first-order chi connectivity index (χ1) is 9.74. The molecule has 0 amide bonds. The minimum atomic E-state index is 0.856. The topological polar surface area (TPSA) is 34.2 Å². The fourth-order valence-electron chi connectivity index (χ4n) is 2.55. The zero-order chi connectivity index (χ0) is 14.1. The van der Waals surface area contributed by atoms with Crippen molar-refractivity contribution in [3.63, 3.8) is 0 Å². The van der Waals surface area contributed by atoms with Crippen LogP contribution in [0.25, 0.3) is 22.0 Å². The van der Waals surface area contributed by atoms with E-state index in [1.807, 2.05) is 24.4 Å². The Morgan fingerprint density at radius 3 is 2.55 bits per heavy atom. The predicted molar refractivity (Wildman–Crippen MR) is 81.6 cm³/mol. The van der Waals surface area contributed by atoms with Gasteiger partial charge in [0.15, 0.2) is 0 Å². The van der Waals surface area contributed by atoms with Crippen molar-refractivity contribution in [2.24, 2.45) is 0 Å². The van der Waals surface area contributed by atoms with Crippen molar-refractivity contribution in [2.75, 3.05) is 14.2 Å². The molecule has 3 nitrogen and oxygen atoms in total. The fourth-order valence-corrected chi connectivity index (χ4v) is 2.55. The van der Waals surface area contributed by atoms with E-state index in [4.69, 9.17) is 9.47 Å². The van der Waals surface area contributed by atoms with Crippen molar-refractivity contribution < 1.29 is 9.47 Å². The molecule has 0 radical (unpaired) electrons. The van der Waals surface area contributed by atoms with Crippen LogP contribution in [0.15, 0.2) is 42.6 Å².